The van der Waals surface area contributed by atoms with E-state index in [1.165, 1.54) is 45.1 Å². The second-order valence-electron chi connectivity index (χ2n) is 4.90. The Labute approximate surface area is 124 Å². The van der Waals surface area contributed by atoms with Gasteiger partial charge in [0.05, 0.1) is 0 Å². The molecule has 0 saturated carbocycles. The van der Waals surface area contributed by atoms with Gasteiger partial charge in [0.25, 0.3) is 0 Å². The molecule has 2 rings (SSSR count). The zero-order valence-corrected chi connectivity index (χ0v) is 13.2. The standard InChI is InChI=1S/C17H19I/c1-13-6-7-16(12-14(13)2)5-3-4-15-8-10-17(18)11-9-15/h6-12H,3-5H2,1-2H3. The van der Waals surface area contributed by atoms with Gasteiger partial charge >= 0.3 is 0 Å². The van der Waals surface area contributed by atoms with Gasteiger partial charge in [-0.3, -0.25) is 0 Å². The van der Waals surface area contributed by atoms with Crippen molar-refractivity contribution in [2.45, 2.75) is 33.1 Å². The predicted octanol–water partition coefficient (Wildman–Crippen LogP) is 5.08. The highest BCUT2D eigenvalue weighted by Crippen LogP contribution is 2.14. The average Bonchev–Trinajstić information content (AvgIpc) is 2.36. The van der Waals surface area contributed by atoms with Crippen molar-refractivity contribution in [1.29, 1.82) is 0 Å². The Morgan fingerprint density at radius 3 is 2.06 bits per heavy atom. The average molecular weight is 350 g/mol. The molecule has 0 N–H and O–H groups in total. The van der Waals surface area contributed by atoms with Gasteiger partial charge in [-0.15, -0.1) is 0 Å². The molecule has 2 aromatic rings. The summed E-state index contributed by atoms with van der Waals surface area (Å²) in [4.78, 5) is 0. The predicted molar refractivity (Wildman–Crippen MR) is 87.1 cm³/mol. The van der Waals surface area contributed by atoms with Crippen LogP contribution >= 0.6 is 22.6 Å². The molecule has 0 aromatic heterocycles. The van der Waals surface area contributed by atoms with Gasteiger partial charge in [-0.05, 0) is 90.1 Å². The van der Waals surface area contributed by atoms with Crippen molar-refractivity contribution >= 4 is 22.6 Å². The molecule has 0 heterocycles. The fourth-order valence-corrected chi connectivity index (χ4v) is 2.47. The van der Waals surface area contributed by atoms with Gasteiger partial charge in [0.2, 0.25) is 0 Å². The van der Waals surface area contributed by atoms with E-state index in [1.54, 1.807) is 0 Å². The van der Waals surface area contributed by atoms with Gasteiger partial charge in [0.1, 0.15) is 0 Å². The minimum Gasteiger partial charge on any atom is -0.0588 e. The Balaban J connectivity index is 1.88. The minimum atomic E-state index is 1.17. The SMILES string of the molecule is Cc1ccc(CCCc2ccc(I)cc2)cc1C. The van der Waals surface area contributed by atoms with E-state index in [1.807, 2.05) is 0 Å². The summed E-state index contributed by atoms with van der Waals surface area (Å²) in [5.41, 5.74) is 5.70. The third-order valence-electron chi connectivity index (χ3n) is 3.42. The first-order valence-corrected chi connectivity index (χ1v) is 7.53. The molecule has 1 heteroatoms. The summed E-state index contributed by atoms with van der Waals surface area (Å²) in [5, 5.41) is 0. The lowest BCUT2D eigenvalue weighted by atomic mass is 10.0. The number of aryl methyl sites for hydroxylation is 4. The maximum atomic E-state index is 2.35. The van der Waals surface area contributed by atoms with Crippen LogP contribution in [0.2, 0.25) is 0 Å². The van der Waals surface area contributed by atoms with Gasteiger partial charge in [-0.2, -0.15) is 0 Å². The lowest BCUT2D eigenvalue weighted by Crippen LogP contribution is -1.92. The van der Waals surface area contributed by atoms with Crippen molar-refractivity contribution in [3.05, 3.63) is 68.3 Å². The van der Waals surface area contributed by atoms with Crippen molar-refractivity contribution in [1.82, 2.24) is 0 Å². The van der Waals surface area contributed by atoms with Crippen molar-refractivity contribution in [2.24, 2.45) is 0 Å². The fraction of sp³-hybridized carbons (Fsp3) is 0.294. The Morgan fingerprint density at radius 1 is 0.778 bits per heavy atom. The molecule has 0 saturated heterocycles. The third-order valence-corrected chi connectivity index (χ3v) is 4.13. The molecule has 0 aliphatic carbocycles. The van der Waals surface area contributed by atoms with Crippen molar-refractivity contribution in [2.75, 3.05) is 0 Å². The van der Waals surface area contributed by atoms with Gasteiger partial charge in [0, 0.05) is 3.57 Å². The summed E-state index contributed by atoms with van der Waals surface area (Å²) >= 11 is 2.35. The summed E-state index contributed by atoms with van der Waals surface area (Å²) in [7, 11) is 0. The Hall–Kier alpha value is -0.830. The Bertz CT molecular complexity index is 512. The summed E-state index contributed by atoms with van der Waals surface area (Å²) in [6.07, 6.45) is 3.57. The molecule has 0 spiro atoms. The third kappa shape index (κ3) is 3.84. The topological polar surface area (TPSA) is 0 Å². The van der Waals surface area contributed by atoms with Crippen molar-refractivity contribution in [3.63, 3.8) is 0 Å². The Morgan fingerprint density at radius 2 is 1.39 bits per heavy atom. The van der Waals surface area contributed by atoms with Crippen molar-refractivity contribution < 1.29 is 0 Å². The molecule has 0 radical (unpaired) electrons. The monoisotopic (exact) mass is 350 g/mol. The van der Waals surface area contributed by atoms with Crippen molar-refractivity contribution in [3.8, 4) is 0 Å². The van der Waals surface area contributed by atoms with Crippen LogP contribution in [0.1, 0.15) is 28.7 Å². The molecule has 0 unspecified atom stereocenters. The fourth-order valence-electron chi connectivity index (χ4n) is 2.11. The van der Waals surface area contributed by atoms with E-state index in [4.69, 9.17) is 0 Å². The van der Waals surface area contributed by atoms with Crippen LogP contribution in [0.4, 0.5) is 0 Å². The molecule has 2 aromatic carbocycles. The van der Waals surface area contributed by atoms with E-state index in [0.29, 0.717) is 0 Å². The van der Waals surface area contributed by atoms with E-state index in [0.717, 1.165) is 0 Å². The molecule has 0 nitrogen and oxygen atoms in total. The number of hydrogen-bond acceptors (Lipinski definition) is 0. The van der Waals surface area contributed by atoms with E-state index >= 15 is 0 Å². The van der Waals surface area contributed by atoms with E-state index < -0.39 is 0 Å². The number of hydrogen-bond donors (Lipinski definition) is 0. The summed E-state index contributed by atoms with van der Waals surface area (Å²) in [5.74, 6) is 0. The second-order valence-corrected chi connectivity index (χ2v) is 6.14. The van der Waals surface area contributed by atoms with Crippen LogP contribution in [0.15, 0.2) is 42.5 Å². The molecule has 0 fully saturated rings. The van der Waals surface area contributed by atoms with E-state index in [-0.39, 0.29) is 0 Å². The van der Waals surface area contributed by atoms with Gasteiger partial charge < -0.3 is 0 Å². The van der Waals surface area contributed by atoms with Gasteiger partial charge in [-0.25, -0.2) is 0 Å². The van der Waals surface area contributed by atoms with Crippen LogP contribution in [0.5, 0.6) is 0 Å². The summed E-state index contributed by atoms with van der Waals surface area (Å²) < 4.78 is 1.31. The maximum Gasteiger partial charge on any atom is 0.0130 e. The largest absolute Gasteiger partial charge is 0.0588 e. The van der Waals surface area contributed by atoms with Crippen LogP contribution in [0.3, 0.4) is 0 Å². The van der Waals surface area contributed by atoms with E-state index in [2.05, 4.69) is 78.9 Å². The van der Waals surface area contributed by atoms with E-state index in [9.17, 15) is 0 Å². The van der Waals surface area contributed by atoms with Crippen LogP contribution < -0.4 is 0 Å². The molecule has 18 heavy (non-hydrogen) atoms. The molecule has 0 bridgehead atoms. The number of benzene rings is 2. The summed E-state index contributed by atoms with van der Waals surface area (Å²) in [6, 6.07) is 15.7. The van der Waals surface area contributed by atoms with Gasteiger partial charge in [0.15, 0.2) is 0 Å². The molecule has 0 atom stereocenters. The first kappa shape index (κ1) is 13.6. The second kappa shape index (κ2) is 6.37. The summed E-state index contributed by atoms with van der Waals surface area (Å²) in [6.45, 7) is 4.36. The van der Waals surface area contributed by atoms with Crippen LogP contribution in [-0.2, 0) is 12.8 Å². The smallest absolute Gasteiger partial charge is 0.0130 e. The van der Waals surface area contributed by atoms with Crippen LogP contribution in [-0.4, -0.2) is 0 Å². The minimum absolute atomic E-state index is 1.17. The molecule has 94 valence electrons. The first-order valence-electron chi connectivity index (χ1n) is 6.46. The van der Waals surface area contributed by atoms with Crippen LogP contribution in [0.25, 0.3) is 0 Å². The molecular formula is C17H19I. The first-order chi connectivity index (χ1) is 8.65. The maximum absolute atomic E-state index is 2.35. The molecule has 0 amide bonds. The Kier molecular flexibility index (Phi) is 4.81. The molecule has 0 aliphatic rings. The highest BCUT2D eigenvalue weighted by Gasteiger charge is 1.98. The number of halogens is 1. The number of rotatable bonds is 4. The van der Waals surface area contributed by atoms with Crippen LogP contribution in [0, 0.1) is 17.4 Å². The quantitative estimate of drug-likeness (QED) is 0.675. The zero-order valence-electron chi connectivity index (χ0n) is 11.0. The lowest BCUT2D eigenvalue weighted by Gasteiger charge is -2.05. The highest BCUT2D eigenvalue weighted by molar-refractivity contribution is 14.1. The molecule has 0 aliphatic heterocycles. The lowest BCUT2D eigenvalue weighted by molar-refractivity contribution is 0.819. The zero-order chi connectivity index (χ0) is 13.0. The highest BCUT2D eigenvalue weighted by atomic mass is 127. The molecular weight excluding hydrogens is 331 g/mol. The van der Waals surface area contributed by atoms with Gasteiger partial charge in [-0.1, -0.05) is 30.3 Å². The normalized spacial score (nSPS) is 10.6.